The molecule has 0 amide bonds. The first-order chi connectivity index (χ1) is 12.3. The van der Waals surface area contributed by atoms with Crippen LogP contribution in [-0.2, 0) is 13.6 Å². The fourth-order valence-corrected chi connectivity index (χ4v) is 3.53. The number of aryl methyl sites for hydroxylation is 1. The third-order valence-corrected chi connectivity index (χ3v) is 4.84. The summed E-state index contributed by atoms with van der Waals surface area (Å²) in [5, 5.41) is 11.6. The Morgan fingerprint density at radius 3 is 2.96 bits per heavy atom. The van der Waals surface area contributed by atoms with Crippen molar-refractivity contribution in [3.05, 3.63) is 72.1 Å². The van der Waals surface area contributed by atoms with E-state index in [1.165, 1.54) is 28.8 Å². The predicted octanol–water partition coefficient (Wildman–Crippen LogP) is 4.12. The molecule has 0 fully saturated rings. The standard InChI is InChI=1S/C21H24N4/c1-25-15-18(14-24-25)17-7-4-6-16(12-17)13-23-21-10-5-11-22-20-9-3-2-8-19(20)21/h2-4,6-9,12,14-15,21-23H,5,10-11,13H2,1H3/t21-/m1/s1. The lowest BCUT2D eigenvalue weighted by molar-refractivity contribution is 0.497. The van der Waals surface area contributed by atoms with Crippen LogP contribution in [-0.4, -0.2) is 16.3 Å². The summed E-state index contributed by atoms with van der Waals surface area (Å²) < 4.78 is 1.84. The molecular weight excluding hydrogens is 308 g/mol. The van der Waals surface area contributed by atoms with Gasteiger partial charge in [0.2, 0.25) is 0 Å². The number of nitrogens with zero attached hydrogens (tertiary/aromatic N) is 2. The third-order valence-electron chi connectivity index (χ3n) is 4.84. The Kier molecular flexibility index (Phi) is 4.53. The van der Waals surface area contributed by atoms with E-state index in [2.05, 4.69) is 70.5 Å². The molecule has 2 N–H and O–H groups in total. The first kappa shape index (κ1) is 15.9. The highest BCUT2D eigenvalue weighted by Crippen LogP contribution is 2.29. The highest BCUT2D eigenvalue weighted by atomic mass is 15.2. The van der Waals surface area contributed by atoms with Crippen LogP contribution in [0.25, 0.3) is 11.1 Å². The molecule has 1 aliphatic rings. The molecule has 0 unspecified atom stereocenters. The molecule has 4 rings (SSSR count). The Bertz CT molecular complexity index is 852. The van der Waals surface area contributed by atoms with Crippen molar-refractivity contribution in [1.82, 2.24) is 15.1 Å². The lowest BCUT2D eigenvalue weighted by atomic mass is 10.0. The van der Waals surface area contributed by atoms with Crippen molar-refractivity contribution in [2.45, 2.75) is 25.4 Å². The Morgan fingerprint density at radius 2 is 2.08 bits per heavy atom. The summed E-state index contributed by atoms with van der Waals surface area (Å²) in [7, 11) is 1.95. The molecule has 1 aromatic heterocycles. The molecule has 0 bridgehead atoms. The van der Waals surface area contributed by atoms with Gasteiger partial charge in [-0.3, -0.25) is 4.68 Å². The molecule has 4 nitrogen and oxygen atoms in total. The average Bonchev–Trinajstić information content (AvgIpc) is 2.97. The van der Waals surface area contributed by atoms with Gasteiger partial charge in [-0.1, -0.05) is 36.4 Å². The summed E-state index contributed by atoms with van der Waals surface area (Å²) in [5.41, 5.74) is 6.32. The summed E-state index contributed by atoms with van der Waals surface area (Å²) in [6, 6.07) is 17.8. The van der Waals surface area contributed by atoms with Crippen molar-refractivity contribution in [1.29, 1.82) is 0 Å². The molecule has 2 aromatic carbocycles. The van der Waals surface area contributed by atoms with Gasteiger partial charge < -0.3 is 10.6 Å². The van der Waals surface area contributed by atoms with Gasteiger partial charge >= 0.3 is 0 Å². The topological polar surface area (TPSA) is 41.9 Å². The minimum Gasteiger partial charge on any atom is -0.385 e. The van der Waals surface area contributed by atoms with Gasteiger partial charge in [0.1, 0.15) is 0 Å². The van der Waals surface area contributed by atoms with Gasteiger partial charge in [-0.05, 0) is 41.7 Å². The van der Waals surface area contributed by atoms with Gasteiger partial charge in [0.05, 0.1) is 6.20 Å². The van der Waals surface area contributed by atoms with E-state index in [1.807, 2.05) is 17.9 Å². The number of rotatable bonds is 4. The summed E-state index contributed by atoms with van der Waals surface area (Å²) in [4.78, 5) is 0. The van der Waals surface area contributed by atoms with Crippen molar-refractivity contribution in [3.8, 4) is 11.1 Å². The molecule has 4 heteroatoms. The van der Waals surface area contributed by atoms with Crippen LogP contribution in [0.15, 0.2) is 60.9 Å². The van der Waals surface area contributed by atoms with E-state index >= 15 is 0 Å². The van der Waals surface area contributed by atoms with Crippen molar-refractivity contribution >= 4 is 5.69 Å². The van der Waals surface area contributed by atoms with Crippen molar-refractivity contribution in [2.24, 2.45) is 7.05 Å². The van der Waals surface area contributed by atoms with Gasteiger partial charge in [0.25, 0.3) is 0 Å². The second-order valence-electron chi connectivity index (χ2n) is 6.69. The summed E-state index contributed by atoms with van der Waals surface area (Å²) in [6.45, 7) is 1.92. The fourth-order valence-electron chi connectivity index (χ4n) is 3.53. The monoisotopic (exact) mass is 332 g/mol. The number of nitrogens with one attached hydrogen (secondary N) is 2. The van der Waals surface area contributed by atoms with Crippen molar-refractivity contribution in [3.63, 3.8) is 0 Å². The Morgan fingerprint density at radius 1 is 1.16 bits per heavy atom. The molecular formula is C21H24N4. The normalized spacial score (nSPS) is 16.8. The molecule has 0 saturated heterocycles. The quantitative estimate of drug-likeness (QED) is 0.755. The van der Waals surface area contributed by atoms with Crippen LogP contribution >= 0.6 is 0 Å². The van der Waals surface area contributed by atoms with Crippen LogP contribution in [0.1, 0.15) is 30.0 Å². The molecule has 3 aromatic rings. The van der Waals surface area contributed by atoms with Crippen LogP contribution in [0, 0.1) is 0 Å². The van der Waals surface area contributed by atoms with E-state index in [0.717, 1.165) is 25.1 Å². The number of hydrogen-bond donors (Lipinski definition) is 2. The first-order valence-electron chi connectivity index (χ1n) is 8.94. The largest absolute Gasteiger partial charge is 0.385 e. The maximum Gasteiger partial charge on any atom is 0.0568 e. The van der Waals surface area contributed by atoms with Crippen LogP contribution in [0.5, 0.6) is 0 Å². The maximum absolute atomic E-state index is 4.27. The van der Waals surface area contributed by atoms with Gasteiger partial charge in [0, 0.05) is 43.6 Å². The SMILES string of the molecule is Cn1cc(-c2cccc(CN[C@@H]3CCCNc4ccccc43)c2)cn1. The molecule has 1 atom stereocenters. The molecule has 0 radical (unpaired) electrons. The van der Waals surface area contributed by atoms with Gasteiger partial charge in [-0.25, -0.2) is 0 Å². The van der Waals surface area contributed by atoms with Crippen LogP contribution in [0.4, 0.5) is 5.69 Å². The second-order valence-corrected chi connectivity index (χ2v) is 6.69. The van der Waals surface area contributed by atoms with E-state index in [9.17, 15) is 0 Å². The minimum atomic E-state index is 0.397. The minimum absolute atomic E-state index is 0.397. The van der Waals surface area contributed by atoms with E-state index in [4.69, 9.17) is 0 Å². The number of hydrogen-bond acceptors (Lipinski definition) is 3. The van der Waals surface area contributed by atoms with Crippen LogP contribution in [0.2, 0.25) is 0 Å². The molecule has 0 spiro atoms. The summed E-state index contributed by atoms with van der Waals surface area (Å²) >= 11 is 0. The summed E-state index contributed by atoms with van der Waals surface area (Å²) in [5.74, 6) is 0. The molecule has 0 saturated carbocycles. The Hall–Kier alpha value is -2.59. The zero-order chi connectivity index (χ0) is 17.1. The van der Waals surface area contributed by atoms with E-state index in [1.54, 1.807) is 0 Å². The smallest absolute Gasteiger partial charge is 0.0568 e. The van der Waals surface area contributed by atoms with Crippen molar-refractivity contribution < 1.29 is 0 Å². The predicted molar refractivity (Wildman–Crippen MR) is 102 cm³/mol. The van der Waals surface area contributed by atoms with Gasteiger partial charge in [0.15, 0.2) is 0 Å². The fraction of sp³-hybridized carbons (Fsp3) is 0.286. The lowest BCUT2D eigenvalue weighted by Crippen LogP contribution is -2.20. The molecule has 2 heterocycles. The highest BCUT2D eigenvalue weighted by Gasteiger charge is 2.17. The number of para-hydroxylation sites is 1. The van der Waals surface area contributed by atoms with E-state index in [0.29, 0.717) is 6.04 Å². The number of benzene rings is 2. The zero-order valence-corrected chi connectivity index (χ0v) is 14.6. The van der Waals surface area contributed by atoms with Crippen LogP contribution < -0.4 is 10.6 Å². The molecule has 1 aliphatic heterocycles. The zero-order valence-electron chi connectivity index (χ0n) is 14.6. The number of anilines is 1. The first-order valence-corrected chi connectivity index (χ1v) is 8.94. The van der Waals surface area contributed by atoms with E-state index < -0.39 is 0 Å². The number of aromatic nitrogens is 2. The van der Waals surface area contributed by atoms with Crippen LogP contribution in [0.3, 0.4) is 0 Å². The Labute approximate surface area is 148 Å². The second kappa shape index (κ2) is 7.11. The molecule has 25 heavy (non-hydrogen) atoms. The summed E-state index contributed by atoms with van der Waals surface area (Å²) in [6.07, 6.45) is 6.31. The lowest BCUT2D eigenvalue weighted by Gasteiger charge is -2.19. The third kappa shape index (κ3) is 3.59. The number of fused-ring (bicyclic) bond motifs is 1. The maximum atomic E-state index is 4.27. The average molecular weight is 332 g/mol. The van der Waals surface area contributed by atoms with Gasteiger partial charge in [-0.2, -0.15) is 5.10 Å². The van der Waals surface area contributed by atoms with Crippen molar-refractivity contribution in [2.75, 3.05) is 11.9 Å². The molecule has 0 aliphatic carbocycles. The van der Waals surface area contributed by atoms with Gasteiger partial charge in [-0.15, -0.1) is 0 Å². The Balaban J connectivity index is 1.50. The molecule has 128 valence electrons. The highest BCUT2D eigenvalue weighted by molar-refractivity contribution is 5.62. The van der Waals surface area contributed by atoms with E-state index in [-0.39, 0.29) is 0 Å².